The lowest BCUT2D eigenvalue weighted by atomic mass is 9.81. The predicted molar refractivity (Wildman–Crippen MR) is 91.3 cm³/mol. The van der Waals surface area contributed by atoms with Crippen LogP contribution in [0.5, 0.6) is 0 Å². The summed E-state index contributed by atoms with van der Waals surface area (Å²) in [6, 6.07) is 8.74. The molecule has 1 aliphatic carbocycles. The summed E-state index contributed by atoms with van der Waals surface area (Å²) in [4.78, 5) is 0.402. The number of nitrogens with zero attached hydrogens (tertiary/aromatic N) is 2. The van der Waals surface area contributed by atoms with Crippen molar-refractivity contribution in [1.82, 2.24) is 9.78 Å². The van der Waals surface area contributed by atoms with Crippen LogP contribution in [0.3, 0.4) is 0 Å². The molecular weight excluding hydrogens is 348 g/mol. The molecule has 2 unspecified atom stereocenters. The van der Waals surface area contributed by atoms with Crippen LogP contribution in [0.15, 0.2) is 24.3 Å². The number of benzene rings is 1. The van der Waals surface area contributed by atoms with E-state index < -0.39 is 0 Å². The van der Waals surface area contributed by atoms with Crippen molar-refractivity contribution in [3.8, 4) is 0 Å². The van der Waals surface area contributed by atoms with Crippen LogP contribution < -0.4 is 0 Å². The van der Waals surface area contributed by atoms with Crippen molar-refractivity contribution >= 4 is 27.5 Å². The second-order valence-electron chi connectivity index (χ2n) is 5.77. The number of alkyl halides is 1. The molecule has 1 heterocycles. The van der Waals surface area contributed by atoms with E-state index in [2.05, 4.69) is 56.9 Å². The van der Waals surface area contributed by atoms with Crippen molar-refractivity contribution in [1.29, 1.82) is 0 Å². The molecule has 3 rings (SSSR count). The molecule has 0 saturated heterocycles. The van der Waals surface area contributed by atoms with E-state index in [1.807, 2.05) is 6.92 Å². The minimum absolute atomic E-state index is 0.402. The van der Waals surface area contributed by atoms with E-state index in [0.717, 1.165) is 30.1 Å². The third-order valence-corrected chi connectivity index (χ3v) is 6.19. The second kappa shape index (κ2) is 6.13. The summed E-state index contributed by atoms with van der Waals surface area (Å²) in [5.74, 6) is 0.568. The Morgan fingerprint density at radius 2 is 2.14 bits per heavy atom. The molecule has 0 saturated carbocycles. The van der Waals surface area contributed by atoms with Gasteiger partial charge in [-0.3, -0.25) is 4.68 Å². The van der Waals surface area contributed by atoms with Gasteiger partial charge in [-0.2, -0.15) is 5.10 Å². The van der Waals surface area contributed by atoms with Gasteiger partial charge in [0.15, 0.2) is 0 Å². The molecule has 2 aromatic rings. The lowest BCUT2D eigenvalue weighted by Gasteiger charge is -2.30. The predicted octanol–water partition coefficient (Wildman–Crippen LogP) is 5.11. The molecule has 21 heavy (non-hydrogen) atoms. The number of hydrogen-bond acceptors (Lipinski definition) is 1. The van der Waals surface area contributed by atoms with Crippen molar-refractivity contribution in [2.24, 2.45) is 5.92 Å². The average Bonchev–Trinajstić information content (AvgIpc) is 2.78. The van der Waals surface area contributed by atoms with E-state index in [1.54, 1.807) is 0 Å². The van der Waals surface area contributed by atoms with Gasteiger partial charge in [-0.1, -0.05) is 51.8 Å². The van der Waals surface area contributed by atoms with Gasteiger partial charge in [-0.05, 0) is 50.2 Å². The van der Waals surface area contributed by atoms with Crippen molar-refractivity contribution in [3.05, 3.63) is 51.8 Å². The van der Waals surface area contributed by atoms with E-state index in [1.165, 1.54) is 23.2 Å². The molecule has 0 amide bonds. The highest BCUT2D eigenvalue weighted by Crippen LogP contribution is 2.42. The molecule has 0 aliphatic heterocycles. The monoisotopic (exact) mass is 366 g/mol. The van der Waals surface area contributed by atoms with Gasteiger partial charge >= 0.3 is 0 Å². The number of hydrogen-bond donors (Lipinski definition) is 0. The van der Waals surface area contributed by atoms with Gasteiger partial charge < -0.3 is 0 Å². The first kappa shape index (κ1) is 15.1. The number of rotatable bonds is 3. The topological polar surface area (TPSA) is 17.8 Å². The van der Waals surface area contributed by atoms with Crippen molar-refractivity contribution in [2.75, 3.05) is 0 Å². The summed E-state index contributed by atoms with van der Waals surface area (Å²) in [5, 5.41) is 5.38. The Morgan fingerprint density at radius 3 is 2.90 bits per heavy atom. The average molecular weight is 368 g/mol. The molecule has 2 nitrogen and oxygen atoms in total. The minimum Gasteiger partial charge on any atom is -0.268 e. The van der Waals surface area contributed by atoms with Crippen LogP contribution >= 0.6 is 27.5 Å². The fourth-order valence-corrected chi connectivity index (χ4v) is 4.40. The summed E-state index contributed by atoms with van der Waals surface area (Å²) in [5.41, 5.74) is 5.03. The van der Waals surface area contributed by atoms with Crippen LogP contribution in [-0.2, 0) is 19.4 Å². The smallest absolute Gasteiger partial charge is 0.0847 e. The van der Waals surface area contributed by atoms with Gasteiger partial charge in [-0.15, -0.1) is 0 Å². The molecular formula is C17H20BrClN2. The van der Waals surface area contributed by atoms with Crippen LogP contribution in [0, 0.1) is 12.8 Å². The lowest BCUT2D eigenvalue weighted by molar-refractivity contribution is 0.435. The first-order valence-electron chi connectivity index (χ1n) is 7.55. The number of aromatic nitrogens is 2. The molecule has 2 atom stereocenters. The van der Waals surface area contributed by atoms with Crippen LogP contribution in [0.2, 0.25) is 5.02 Å². The Kier molecular flexibility index (Phi) is 4.41. The maximum absolute atomic E-state index is 6.46. The Bertz CT molecular complexity index is 650. The number of halogens is 2. The normalized spacial score (nSPS) is 21.3. The van der Waals surface area contributed by atoms with E-state index in [4.69, 9.17) is 11.6 Å². The van der Waals surface area contributed by atoms with Crippen molar-refractivity contribution in [2.45, 2.75) is 44.5 Å². The molecule has 0 bridgehead atoms. The summed E-state index contributed by atoms with van der Waals surface area (Å²) in [7, 11) is 0. The standard InChI is InChI=1S/C17H20BrClN2/c1-3-21-15(17(19)11(2)20-21)10-13-9-8-12-6-4-5-7-14(12)16(13)18/h4-7,13,16H,3,8-10H2,1-2H3. The Labute approximate surface area is 139 Å². The van der Waals surface area contributed by atoms with E-state index in [0.29, 0.717) is 10.7 Å². The molecule has 1 aliphatic rings. The van der Waals surface area contributed by atoms with Gasteiger partial charge in [0.25, 0.3) is 0 Å². The molecule has 1 aromatic heterocycles. The molecule has 4 heteroatoms. The summed E-state index contributed by atoms with van der Waals surface area (Å²) in [6.07, 6.45) is 3.33. The zero-order valence-electron chi connectivity index (χ0n) is 12.4. The third-order valence-electron chi connectivity index (χ3n) is 4.46. The van der Waals surface area contributed by atoms with Crippen molar-refractivity contribution in [3.63, 3.8) is 0 Å². The van der Waals surface area contributed by atoms with Crippen LogP contribution in [0.1, 0.15) is 40.7 Å². The third kappa shape index (κ3) is 2.78. The van der Waals surface area contributed by atoms with Crippen LogP contribution in [-0.4, -0.2) is 9.78 Å². The van der Waals surface area contributed by atoms with Crippen LogP contribution in [0.25, 0.3) is 0 Å². The highest BCUT2D eigenvalue weighted by atomic mass is 79.9. The quantitative estimate of drug-likeness (QED) is 0.690. The Balaban J connectivity index is 1.87. The van der Waals surface area contributed by atoms with Gasteiger partial charge in [-0.25, -0.2) is 0 Å². The van der Waals surface area contributed by atoms with Gasteiger partial charge in [0.05, 0.1) is 16.4 Å². The fourth-order valence-electron chi connectivity index (χ4n) is 3.29. The van der Waals surface area contributed by atoms with Gasteiger partial charge in [0.1, 0.15) is 0 Å². The Morgan fingerprint density at radius 1 is 1.38 bits per heavy atom. The highest BCUT2D eigenvalue weighted by Gasteiger charge is 2.29. The summed E-state index contributed by atoms with van der Waals surface area (Å²) < 4.78 is 2.05. The first-order chi connectivity index (χ1) is 10.1. The maximum Gasteiger partial charge on any atom is 0.0847 e. The van der Waals surface area contributed by atoms with Gasteiger partial charge in [0, 0.05) is 11.4 Å². The molecule has 0 spiro atoms. The molecule has 112 valence electrons. The molecule has 0 radical (unpaired) electrons. The second-order valence-corrected chi connectivity index (χ2v) is 7.13. The number of fused-ring (bicyclic) bond motifs is 1. The van der Waals surface area contributed by atoms with Crippen molar-refractivity contribution < 1.29 is 0 Å². The first-order valence-corrected chi connectivity index (χ1v) is 8.84. The zero-order chi connectivity index (χ0) is 15.0. The van der Waals surface area contributed by atoms with Gasteiger partial charge in [0.2, 0.25) is 0 Å². The maximum atomic E-state index is 6.46. The summed E-state index contributed by atoms with van der Waals surface area (Å²) in [6.45, 7) is 4.98. The SMILES string of the molecule is CCn1nc(C)c(Cl)c1CC1CCc2ccccc2C1Br. The highest BCUT2D eigenvalue weighted by molar-refractivity contribution is 9.09. The number of aryl methyl sites for hydroxylation is 3. The molecule has 0 fully saturated rings. The van der Waals surface area contributed by atoms with E-state index in [-0.39, 0.29) is 0 Å². The fraction of sp³-hybridized carbons (Fsp3) is 0.471. The van der Waals surface area contributed by atoms with Crippen LogP contribution in [0.4, 0.5) is 0 Å². The largest absolute Gasteiger partial charge is 0.268 e. The molecule has 0 N–H and O–H groups in total. The molecule has 1 aromatic carbocycles. The lowest BCUT2D eigenvalue weighted by Crippen LogP contribution is -2.20. The van der Waals surface area contributed by atoms with E-state index >= 15 is 0 Å². The van der Waals surface area contributed by atoms with E-state index in [9.17, 15) is 0 Å². The Hall–Kier alpha value is -0.800. The minimum atomic E-state index is 0.402. The summed E-state index contributed by atoms with van der Waals surface area (Å²) >= 11 is 10.4. The zero-order valence-corrected chi connectivity index (χ0v) is 14.8.